The Morgan fingerprint density at radius 1 is 1.25 bits per heavy atom. The summed E-state index contributed by atoms with van der Waals surface area (Å²) < 4.78 is 0. The molecule has 0 aliphatic heterocycles. The molecule has 0 saturated heterocycles. The SMILES string of the molecule is Cc1nc(C(C)C)sc1C(=O)N(Cc1ccccc1)C[C@H](C)CO. The highest BCUT2D eigenvalue weighted by atomic mass is 32.1. The molecule has 2 aromatic rings. The van der Waals surface area contributed by atoms with Crippen LogP contribution in [0.15, 0.2) is 30.3 Å². The first-order valence-corrected chi connectivity index (χ1v) is 9.15. The van der Waals surface area contributed by atoms with Crippen LogP contribution < -0.4 is 0 Å². The van der Waals surface area contributed by atoms with E-state index in [1.165, 1.54) is 11.3 Å². The third-order valence-electron chi connectivity index (χ3n) is 3.85. The van der Waals surface area contributed by atoms with Crippen molar-refractivity contribution in [2.45, 2.75) is 40.2 Å². The van der Waals surface area contributed by atoms with E-state index in [4.69, 9.17) is 0 Å². The molecule has 24 heavy (non-hydrogen) atoms. The summed E-state index contributed by atoms with van der Waals surface area (Å²) in [5.41, 5.74) is 1.88. The lowest BCUT2D eigenvalue weighted by Gasteiger charge is -2.25. The van der Waals surface area contributed by atoms with E-state index in [0.717, 1.165) is 16.3 Å². The molecule has 4 nitrogen and oxygen atoms in total. The summed E-state index contributed by atoms with van der Waals surface area (Å²) >= 11 is 1.48. The highest BCUT2D eigenvalue weighted by Gasteiger charge is 2.23. The van der Waals surface area contributed by atoms with Crippen LogP contribution in [0.25, 0.3) is 0 Å². The molecule has 2 rings (SSSR count). The van der Waals surface area contributed by atoms with Crippen LogP contribution in [0.3, 0.4) is 0 Å². The number of amides is 1. The predicted molar refractivity (Wildman–Crippen MR) is 98.4 cm³/mol. The normalized spacial score (nSPS) is 12.4. The Balaban J connectivity index is 2.26. The first-order chi connectivity index (χ1) is 11.4. The minimum absolute atomic E-state index is 0.000975. The van der Waals surface area contributed by atoms with Gasteiger partial charge in [0, 0.05) is 25.6 Å². The second-order valence-corrected chi connectivity index (χ2v) is 7.61. The molecule has 0 saturated carbocycles. The molecule has 5 heteroatoms. The predicted octanol–water partition coefficient (Wildman–Crippen LogP) is 3.85. The van der Waals surface area contributed by atoms with Crippen LogP contribution in [-0.4, -0.2) is 34.0 Å². The number of carbonyl (C=O) groups is 1. The smallest absolute Gasteiger partial charge is 0.266 e. The number of hydrogen-bond donors (Lipinski definition) is 1. The number of hydrogen-bond acceptors (Lipinski definition) is 4. The van der Waals surface area contributed by atoms with Gasteiger partial charge in [-0.25, -0.2) is 4.98 Å². The maximum absolute atomic E-state index is 13.1. The maximum atomic E-state index is 13.1. The summed E-state index contributed by atoms with van der Waals surface area (Å²) in [4.78, 5) is 20.1. The van der Waals surface area contributed by atoms with Gasteiger partial charge in [-0.1, -0.05) is 51.1 Å². The van der Waals surface area contributed by atoms with Gasteiger partial charge in [-0.05, 0) is 18.4 Å². The van der Waals surface area contributed by atoms with Crippen molar-refractivity contribution < 1.29 is 9.90 Å². The van der Waals surface area contributed by atoms with E-state index >= 15 is 0 Å². The molecule has 1 N–H and O–H groups in total. The zero-order valence-corrected chi connectivity index (χ0v) is 15.6. The lowest BCUT2D eigenvalue weighted by molar-refractivity contribution is 0.0698. The Labute approximate surface area is 148 Å². The molecule has 1 aromatic heterocycles. The van der Waals surface area contributed by atoms with E-state index < -0.39 is 0 Å². The summed E-state index contributed by atoms with van der Waals surface area (Å²) in [7, 11) is 0. The lowest BCUT2D eigenvalue weighted by atomic mass is 10.1. The average Bonchev–Trinajstić information content (AvgIpc) is 2.96. The molecule has 0 radical (unpaired) electrons. The monoisotopic (exact) mass is 346 g/mol. The molecular weight excluding hydrogens is 320 g/mol. The summed E-state index contributed by atoms with van der Waals surface area (Å²) in [5, 5.41) is 10.4. The fourth-order valence-corrected chi connectivity index (χ4v) is 3.50. The Morgan fingerprint density at radius 3 is 2.46 bits per heavy atom. The van der Waals surface area contributed by atoms with Crippen LogP contribution >= 0.6 is 11.3 Å². The quantitative estimate of drug-likeness (QED) is 0.828. The van der Waals surface area contributed by atoms with Crippen LogP contribution in [0.5, 0.6) is 0 Å². The molecule has 130 valence electrons. The fraction of sp³-hybridized carbons (Fsp3) is 0.474. The molecular formula is C19H26N2O2S. The Hall–Kier alpha value is -1.72. The molecule has 1 aromatic carbocycles. The molecule has 0 unspecified atom stereocenters. The zero-order chi connectivity index (χ0) is 17.7. The van der Waals surface area contributed by atoms with Crippen molar-refractivity contribution >= 4 is 17.2 Å². The largest absolute Gasteiger partial charge is 0.396 e. The molecule has 1 atom stereocenters. The number of aliphatic hydroxyl groups is 1. The molecule has 0 aliphatic rings. The van der Waals surface area contributed by atoms with Crippen molar-refractivity contribution in [1.29, 1.82) is 0 Å². The third kappa shape index (κ3) is 4.65. The summed E-state index contributed by atoms with van der Waals surface area (Å²) in [6.07, 6.45) is 0. The van der Waals surface area contributed by atoms with Crippen molar-refractivity contribution in [3.05, 3.63) is 51.5 Å². The summed E-state index contributed by atoms with van der Waals surface area (Å²) in [6, 6.07) is 9.95. The van der Waals surface area contributed by atoms with Gasteiger partial charge in [0.1, 0.15) is 4.88 Å². The number of benzene rings is 1. The van der Waals surface area contributed by atoms with Gasteiger partial charge in [0.2, 0.25) is 0 Å². The Kier molecular flexibility index (Phi) is 6.52. The number of thiazole rings is 1. The number of carbonyl (C=O) groups excluding carboxylic acids is 1. The highest BCUT2D eigenvalue weighted by Crippen LogP contribution is 2.26. The van der Waals surface area contributed by atoms with E-state index in [1.54, 1.807) is 0 Å². The molecule has 0 fully saturated rings. The number of aryl methyl sites for hydroxylation is 1. The average molecular weight is 346 g/mol. The topological polar surface area (TPSA) is 53.4 Å². The Bertz CT molecular complexity index is 667. The summed E-state index contributed by atoms with van der Waals surface area (Å²) in [6.45, 7) is 9.15. The second-order valence-electron chi connectivity index (χ2n) is 6.58. The van der Waals surface area contributed by atoms with Crippen molar-refractivity contribution in [2.24, 2.45) is 5.92 Å². The number of aliphatic hydroxyl groups excluding tert-OH is 1. The van der Waals surface area contributed by atoms with Gasteiger partial charge < -0.3 is 10.0 Å². The van der Waals surface area contributed by atoms with Gasteiger partial charge in [0.25, 0.3) is 5.91 Å². The van der Waals surface area contributed by atoms with Crippen molar-refractivity contribution in [3.8, 4) is 0 Å². The molecule has 0 spiro atoms. The van der Waals surface area contributed by atoms with Crippen LogP contribution in [-0.2, 0) is 6.54 Å². The third-order valence-corrected chi connectivity index (χ3v) is 5.29. The Morgan fingerprint density at radius 2 is 1.92 bits per heavy atom. The molecule has 0 aliphatic carbocycles. The number of rotatable bonds is 7. The summed E-state index contributed by atoms with van der Waals surface area (Å²) in [5.74, 6) is 0.353. The van der Waals surface area contributed by atoms with Gasteiger partial charge in [0.05, 0.1) is 10.7 Å². The van der Waals surface area contributed by atoms with Crippen molar-refractivity contribution in [2.75, 3.05) is 13.2 Å². The van der Waals surface area contributed by atoms with Crippen LogP contribution in [0.4, 0.5) is 0 Å². The maximum Gasteiger partial charge on any atom is 0.266 e. The van der Waals surface area contributed by atoms with Gasteiger partial charge in [-0.15, -0.1) is 11.3 Å². The van der Waals surface area contributed by atoms with Crippen LogP contribution in [0, 0.1) is 12.8 Å². The second kappa shape index (κ2) is 8.40. The molecule has 0 bridgehead atoms. The number of aromatic nitrogens is 1. The van der Waals surface area contributed by atoms with Crippen molar-refractivity contribution in [1.82, 2.24) is 9.88 Å². The first kappa shape index (κ1) is 18.6. The van der Waals surface area contributed by atoms with Crippen molar-refractivity contribution in [3.63, 3.8) is 0 Å². The van der Waals surface area contributed by atoms with Crippen LogP contribution in [0.1, 0.15) is 52.6 Å². The van der Waals surface area contributed by atoms with Gasteiger partial charge in [0.15, 0.2) is 0 Å². The van der Waals surface area contributed by atoms with E-state index in [-0.39, 0.29) is 18.4 Å². The highest BCUT2D eigenvalue weighted by molar-refractivity contribution is 7.13. The minimum Gasteiger partial charge on any atom is -0.396 e. The standard InChI is InChI=1S/C19H26N2O2S/c1-13(2)18-20-15(4)17(24-18)19(23)21(10-14(3)12-22)11-16-8-6-5-7-9-16/h5-9,13-14,22H,10-12H2,1-4H3/t14-/m0/s1. The van der Waals surface area contributed by atoms with Gasteiger partial charge >= 0.3 is 0 Å². The zero-order valence-electron chi connectivity index (χ0n) is 14.8. The van der Waals surface area contributed by atoms with Crippen LogP contribution in [0.2, 0.25) is 0 Å². The molecule has 1 heterocycles. The van der Waals surface area contributed by atoms with Gasteiger partial charge in [-0.2, -0.15) is 0 Å². The first-order valence-electron chi connectivity index (χ1n) is 8.33. The van der Waals surface area contributed by atoms with E-state index in [1.807, 2.05) is 49.1 Å². The molecule has 1 amide bonds. The van der Waals surface area contributed by atoms with E-state index in [2.05, 4.69) is 18.8 Å². The fourth-order valence-electron chi connectivity index (χ4n) is 2.46. The van der Waals surface area contributed by atoms with Gasteiger partial charge in [-0.3, -0.25) is 4.79 Å². The van der Waals surface area contributed by atoms with E-state index in [0.29, 0.717) is 23.9 Å². The van der Waals surface area contributed by atoms with E-state index in [9.17, 15) is 9.90 Å². The number of nitrogens with zero attached hydrogens (tertiary/aromatic N) is 2. The minimum atomic E-state index is 0.000975. The lowest BCUT2D eigenvalue weighted by Crippen LogP contribution is -2.35.